The van der Waals surface area contributed by atoms with Crippen LogP contribution in [0.2, 0.25) is 0 Å². The third-order valence-electron chi connectivity index (χ3n) is 5.16. The largest absolute Gasteiger partial charge is 0.369 e. The second kappa shape index (κ2) is 6.73. The lowest BCUT2D eigenvalue weighted by Crippen LogP contribution is -2.46. The molecule has 2 aromatic heterocycles. The Hall–Kier alpha value is -2.21. The highest BCUT2D eigenvalue weighted by molar-refractivity contribution is 5.45. The third kappa shape index (κ3) is 3.06. The molecule has 1 fully saturated rings. The summed E-state index contributed by atoms with van der Waals surface area (Å²) in [4.78, 5) is 20.9. The predicted octanol–water partition coefficient (Wildman–Crippen LogP) is 1.37. The van der Waals surface area contributed by atoms with Crippen LogP contribution in [0.1, 0.15) is 29.7 Å². The van der Waals surface area contributed by atoms with Gasteiger partial charge >= 0.3 is 0 Å². The van der Waals surface area contributed by atoms with Crippen molar-refractivity contribution in [3.8, 4) is 0 Å². The molecule has 0 amide bonds. The van der Waals surface area contributed by atoms with Crippen molar-refractivity contribution in [2.24, 2.45) is 0 Å². The molecule has 0 spiro atoms. The van der Waals surface area contributed by atoms with Crippen molar-refractivity contribution in [2.45, 2.75) is 32.2 Å². The summed E-state index contributed by atoms with van der Waals surface area (Å²) in [5, 5.41) is 7.06. The first-order valence-electron chi connectivity index (χ1n) is 8.78. The predicted molar refractivity (Wildman–Crippen MR) is 93.2 cm³/mol. The number of aromatic nitrogens is 3. The third-order valence-corrected chi connectivity index (χ3v) is 5.16. The Labute approximate surface area is 141 Å². The number of hydrogen-bond donors (Lipinski definition) is 1. The smallest absolute Gasteiger partial charge is 0.267 e. The first-order chi connectivity index (χ1) is 11.8. The summed E-state index contributed by atoms with van der Waals surface area (Å²) in [7, 11) is 0. The molecule has 2 aliphatic rings. The fourth-order valence-electron chi connectivity index (χ4n) is 3.79. The SMILES string of the molecule is O=c1[nH]nc(CN2CCN(c3ccncc3)CC2)c2c1CCCC2. The second-order valence-corrected chi connectivity index (χ2v) is 6.63. The molecule has 24 heavy (non-hydrogen) atoms. The molecule has 126 valence electrons. The van der Waals surface area contributed by atoms with Crippen LogP contribution in [0.5, 0.6) is 0 Å². The number of anilines is 1. The van der Waals surface area contributed by atoms with Crippen molar-refractivity contribution < 1.29 is 0 Å². The Balaban J connectivity index is 1.44. The van der Waals surface area contributed by atoms with Gasteiger partial charge in [0.15, 0.2) is 0 Å². The molecular formula is C18H23N5O. The van der Waals surface area contributed by atoms with E-state index in [1.54, 1.807) is 0 Å². The fourth-order valence-corrected chi connectivity index (χ4v) is 3.79. The number of rotatable bonds is 3. The lowest BCUT2D eigenvalue weighted by Gasteiger charge is -2.36. The molecule has 1 aliphatic carbocycles. The van der Waals surface area contributed by atoms with Gasteiger partial charge in [0.2, 0.25) is 0 Å². The van der Waals surface area contributed by atoms with Crippen molar-refractivity contribution in [3.05, 3.63) is 51.7 Å². The molecule has 1 saturated heterocycles. The fraction of sp³-hybridized carbons (Fsp3) is 0.500. The van der Waals surface area contributed by atoms with E-state index >= 15 is 0 Å². The number of pyridine rings is 1. The zero-order chi connectivity index (χ0) is 16.4. The van der Waals surface area contributed by atoms with E-state index in [2.05, 4.69) is 37.1 Å². The summed E-state index contributed by atoms with van der Waals surface area (Å²) in [6, 6.07) is 4.13. The van der Waals surface area contributed by atoms with Crippen LogP contribution in [-0.2, 0) is 19.4 Å². The van der Waals surface area contributed by atoms with Crippen molar-refractivity contribution in [3.63, 3.8) is 0 Å². The number of aromatic amines is 1. The number of piperazine rings is 1. The van der Waals surface area contributed by atoms with Crippen LogP contribution < -0.4 is 10.5 Å². The zero-order valence-electron chi connectivity index (χ0n) is 13.9. The Bertz CT molecular complexity index is 750. The molecule has 0 bridgehead atoms. The normalized spacial score (nSPS) is 18.4. The van der Waals surface area contributed by atoms with Gasteiger partial charge < -0.3 is 4.90 Å². The minimum atomic E-state index is 0.0101. The molecule has 0 radical (unpaired) electrons. The molecule has 6 nitrogen and oxygen atoms in total. The second-order valence-electron chi connectivity index (χ2n) is 6.63. The van der Waals surface area contributed by atoms with E-state index < -0.39 is 0 Å². The van der Waals surface area contributed by atoms with Crippen LogP contribution in [0, 0.1) is 0 Å². The average Bonchev–Trinajstić information content (AvgIpc) is 2.66. The maximum Gasteiger partial charge on any atom is 0.267 e. The highest BCUT2D eigenvalue weighted by Crippen LogP contribution is 2.22. The molecule has 2 aromatic rings. The molecule has 6 heteroatoms. The lowest BCUT2D eigenvalue weighted by molar-refractivity contribution is 0.245. The van der Waals surface area contributed by atoms with Gasteiger partial charge in [-0.15, -0.1) is 0 Å². The molecule has 0 unspecified atom stereocenters. The summed E-state index contributed by atoms with van der Waals surface area (Å²) >= 11 is 0. The van der Waals surface area contributed by atoms with E-state index in [4.69, 9.17) is 0 Å². The van der Waals surface area contributed by atoms with E-state index in [1.165, 1.54) is 17.7 Å². The van der Waals surface area contributed by atoms with E-state index in [-0.39, 0.29) is 5.56 Å². The number of nitrogens with one attached hydrogen (secondary N) is 1. The van der Waals surface area contributed by atoms with Crippen molar-refractivity contribution in [2.75, 3.05) is 31.1 Å². The summed E-state index contributed by atoms with van der Waals surface area (Å²) in [5.41, 5.74) is 4.50. The van der Waals surface area contributed by atoms with Crippen LogP contribution in [0.15, 0.2) is 29.3 Å². The Kier molecular flexibility index (Phi) is 4.30. The summed E-state index contributed by atoms with van der Waals surface area (Å²) in [6.45, 7) is 4.88. The van der Waals surface area contributed by atoms with E-state index in [0.29, 0.717) is 0 Å². The van der Waals surface area contributed by atoms with Gasteiger partial charge in [0.1, 0.15) is 0 Å². The Morgan fingerprint density at radius 2 is 1.71 bits per heavy atom. The molecule has 1 N–H and O–H groups in total. The molecule has 0 saturated carbocycles. The van der Waals surface area contributed by atoms with Gasteiger partial charge in [-0.25, -0.2) is 5.10 Å². The highest BCUT2D eigenvalue weighted by Gasteiger charge is 2.22. The van der Waals surface area contributed by atoms with Gasteiger partial charge in [-0.05, 0) is 43.4 Å². The minimum absolute atomic E-state index is 0.0101. The minimum Gasteiger partial charge on any atom is -0.369 e. The molecule has 3 heterocycles. The van der Waals surface area contributed by atoms with Gasteiger partial charge in [0, 0.05) is 56.4 Å². The number of nitrogens with zero attached hydrogens (tertiary/aromatic N) is 4. The van der Waals surface area contributed by atoms with Crippen LogP contribution in [-0.4, -0.2) is 46.3 Å². The maximum absolute atomic E-state index is 12.0. The van der Waals surface area contributed by atoms with Crippen molar-refractivity contribution >= 4 is 5.69 Å². The molecule has 1 aliphatic heterocycles. The Morgan fingerprint density at radius 3 is 2.46 bits per heavy atom. The molecule has 4 rings (SSSR count). The Morgan fingerprint density at radius 1 is 1.00 bits per heavy atom. The average molecular weight is 325 g/mol. The summed E-state index contributed by atoms with van der Waals surface area (Å²) in [5.74, 6) is 0. The topological polar surface area (TPSA) is 65.1 Å². The van der Waals surface area contributed by atoms with Crippen molar-refractivity contribution in [1.29, 1.82) is 0 Å². The summed E-state index contributed by atoms with van der Waals surface area (Å²) in [6.07, 6.45) is 7.87. The molecular weight excluding hydrogens is 302 g/mol. The van der Waals surface area contributed by atoms with Crippen LogP contribution in [0.4, 0.5) is 5.69 Å². The van der Waals surface area contributed by atoms with E-state index in [0.717, 1.165) is 63.2 Å². The first-order valence-corrected chi connectivity index (χ1v) is 8.78. The summed E-state index contributed by atoms with van der Waals surface area (Å²) < 4.78 is 0. The van der Waals surface area contributed by atoms with Gasteiger partial charge in [-0.2, -0.15) is 5.10 Å². The van der Waals surface area contributed by atoms with E-state index in [1.807, 2.05) is 12.4 Å². The maximum atomic E-state index is 12.0. The van der Waals surface area contributed by atoms with Gasteiger partial charge in [0.05, 0.1) is 5.69 Å². The van der Waals surface area contributed by atoms with Crippen LogP contribution >= 0.6 is 0 Å². The lowest BCUT2D eigenvalue weighted by atomic mass is 9.91. The van der Waals surface area contributed by atoms with Crippen LogP contribution in [0.25, 0.3) is 0 Å². The highest BCUT2D eigenvalue weighted by atomic mass is 16.1. The number of H-pyrrole nitrogens is 1. The van der Waals surface area contributed by atoms with E-state index in [9.17, 15) is 4.79 Å². The zero-order valence-corrected chi connectivity index (χ0v) is 13.9. The first kappa shape index (κ1) is 15.3. The van der Waals surface area contributed by atoms with Crippen LogP contribution in [0.3, 0.4) is 0 Å². The van der Waals surface area contributed by atoms with Gasteiger partial charge in [-0.3, -0.25) is 14.7 Å². The standard InChI is InChI=1S/C18H23N5O/c24-18-16-4-2-1-3-15(16)17(20-21-18)13-22-9-11-23(12-10-22)14-5-7-19-8-6-14/h5-8H,1-4,9-13H2,(H,21,24). The molecule has 0 atom stereocenters. The molecule has 0 aromatic carbocycles. The number of hydrogen-bond acceptors (Lipinski definition) is 5. The quantitative estimate of drug-likeness (QED) is 0.923. The van der Waals surface area contributed by atoms with Gasteiger partial charge in [0.25, 0.3) is 5.56 Å². The van der Waals surface area contributed by atoms with Gasteiger partial charge in [-0.1, -0.05) is 0 Å². The number of fused-ring (bicyclic) bond motifs is 1. The van der Waals surface area contributed by atoms with Crippen molar-refractivity contribution in [1.82, 2.24) is 20.1 Å². The monoisotopic (exact) mass is 325 g/mol.